The second-order valence-corrected chi connectivity index (χ2v) is 7.92. The Hall–Kier alpha value is -1.24. The van der Waals surface area contributed by atoms with Crippen LogP contribution in [0.5, 0.6) is 0 Å². The molecule has 0 aromatic heterocycles. The highest BCUT2D eigenvalue weighted by Gasteiger charge is 2.11. The van der Waals surface area contributed by atoms with E-state index in [9.17, 15) is 12.8 Å². The van der Waals surface area contributed by atoms with E-state index in [0.717, 1.165) is 5.56 Å². The molecule has 0 amide bonds. The standard InChI is InChI=1S/C16H24FNO3S/c1-16(2,3)10-9-15(13-5-7-14(17)8-6-13)18-11-4-12-22(19,20)21/h5-10,15,18H,4,11-12H2,1-3H3,(H,19,20,21). The molecule has 0 spiro atoms. The average Bonchev–Trinajstić information content (AvgIpc) is 2.37. The molecule has 1 aromatic rings. The van der Waals surface area contributed by atoms with E-state index in [1.54, 1.807) is 12.1 Å². The van der Waals surface area contributed by atoms with E-state index in [1.807, 2.05) is 6.08 Å². The summed E-state index contributed by atoms with van der Waals surface area (Å²) in [7, 11) is -3.94. The van der Waals surface area contributed by atoms with Gasteiger partial charge in [-0.3, -0.25) is 4.55 Å². The van der Waals surface area contributed by atoms with Gasteiger partial charge in [0.1, 0.15) is 5.82 Å². The minimum absolute atomic E-state index is 0.00833. The molecular weight excluding hydrogens is 305 g/mol. The number of halogens is 1. The van der Waals surface area contributed by atoms with Gasteiger partial charge in [0.2, 0.25) is 0 Å². The van der Waals surface area contributed by atoms with Gasteiger partial charge in [-0.25, -0.2) is 4.39 Å². The van der Waals surface area contributed by atoms with Crippen molar-refractivity contribution in [2.24, 2.45) is 5.41 Å². The van der Waals surface area contributed by atoms with Crippen molar-refractivity contribution in [2.75, 3.05) is 12.3 Å². The summed E-state index contributed by atoms with van der Waals surface area (Å²) in [6.45, 7) is 6.65. The molecule has 1 rings (SSSR count). The summed E-state index contributed by atoms with van der Waals surface area (Å²) in [6, 6.07) is 6.05. The van der Waals surface area contributed by atoms with Gasteiger partial charge in [0, 0.05) is 0 Å². The third-order valence-electron chi connectivity index (χ3n) is 2.96. The highest BCUT2D eigenvalue weighted by Crippen LogP contribution is 2.20. The van der Waals surface area contributed by atoms with Crippen molar-refractivity contribution in [3.63, 3.8) is 0 Å². The van der Waals surface area contributed by atoms with Crippen LogP contribution >= 0.6 is 0 Å². The summed E-state index contributed by atoms with van der Waals surface area (Å²) >= 11 is 0. The second kappa shape index (κ2) is 7.85. The van der Waals surface area contributed by atoms with Crippen molar-refractivity contribution in [2.45, 2.75) is 33.2 Å². The van der Waals surface area contributed by atoms with Crippen LogP contribution in [-0.4, -0.2) is 25.3 Å². The van der Waals surface area contributed by atoms with Crippen molar-refractivity contribution in [3.05, 3.63) is 47.8 Å². The van der Waals surface area contributed by atoms with E-state index in [2.05, 4.69) is 32.2 Å². The van der Waals surface area contributed by atoms with Crippen LogP contribution in [0.2, 0.25) is 0 Å². The molecule has 0 saturated carbocycles. The van der Waals surface area contributed by atoms with Gasteiger partial charge in [-0.15, -0.1) is 0 Å². The Morgan fingerprint density at radius 2 is 1.86 bits per heavy atom. The predicted molar refractivity (Wildman–Crippen MR) is 86.8 cm³/mol. The third kappa shape index (κ3) is 8.26. The first kappa shape index (κ1) is 18.8. The Morgan fingerprint density at radius 3 is 2.36 bits per heavy atom. The van der Waals surface area contributed by atoms with E-state index in [0.29, 0.717) is 13.0 Å². The zero-order valence-electron chi connectivity index (χ0n) is 13.2. The molecule has 0 bridgehead atoms. The number of hydrogen-bond acceptors (Lipinski definition) is 3. The minimum Gasteiger partial charge on any atom is -0.307 e. The molecule has 0 radical (unpaired) electrons. The SMILES string of the molecule is CC(C)(C)C=CC(NCCCS(=O)(=O)O)c1ccc(F)cc1. The highest BCUT2D eigenvalue weighted by molar-refractivity contribution is 7.85. The maximum absolute atomic E-state index is 13.0. The molecule has 1 atom stereocenters. The number of benzene rings is 1. The van der Waals surface area contributed by atoms with Crippen LogP contribution in [0.25, 0.3) is 0 Å². The molecule has 0 saturated heterocycles. The van der Waals surface area contributed by atoms with Crippen LogP contribution < -0.4 is 5.32 Å². The summed E-state index contributed by atoms with van der Waals surface area (Å²) in [5.41, 5.74) is 0.905. The monoisotopic (exact) mass is 329 g/mol. The molecule has 0 fully saturated rings. The zero-order chi connectivity index (χ0) is 16.8. The van der Waals surface area contributed by atoms with Crippen molar-refractivity contribution in [1.29, 1.82) is 0 Å². The van der Waals surface area contributed by atoms with Gasteiger partial charge < -0.3 is 5.32 Å². The van der Waals surface area contributed by atoms with E-state index >= 15 is 0 Å². The maximum atomic E-state index is 13.0. The van der Waals surface area contributed by atoms with Crippen molar-refractivity contribution in [3.8, 4) is 0 Å². The maximum Gasteiger partial charge on any atom is 0.264 e. The van der Waals surface area contributed by atoms with E-state index in [-0.39, 0.29) is 23.0 Å². The fraction of sp³-hybridized carbons (Fsp3) is 0.500. The molecular formula is C16H24FNO3S. The Kier molecular flexibility index (Phi) is 6.71. The van der Waals surface area contributed by atoms with Crippen LogP contribution in [0.15, 0.2) is 36.4 Å². The average molecular weight is 329 g/mol. The molecule has 0 aliphatic carbocycles. The van der Waals surface area contributed by atoms with Gasteiger partial charge in [0.25, 0.3) is 10.1 Å². The first-order valence-electron chi connectivity index (χ1n) is 7.20. The summed E-state index contributed by atoms with van der Waals surface area (Å²) < 4.78 is 43.2. The predicted octanol–water partition coefficient (Wildman–Crippen LogP) is 3.34. The van der Waals surface area contributed by atoms with Crippen molar-refractivity contribution in [1.82, 2.24) is 5.32 Å². The summed E-state index contributed by atoms with van der Waals surface area (Å²) in [6.07, 6.45) is 4.34. The Balaban J connectivity index is 2.74. The fourth-order valence-corrected chi connectivity index (χ4v) is 2.37. The number of allylic oxidation sites excluding steroid dienone is 1. The lowest BCUT2D eigenvalue weighted by atomic mass is 9.94. The Labute approximate surface area is 132 Å². The number of rotatable bonds is 7. The Morgan fingerprint density at radius 1 is 1.27 bits per heavy atom. The Bertz CT molecular complexity index is 589. The zero-order valence-corrected chi connectivity index (χ0v) is 14.0. The van der Waals surface area contributed by atoms with Crippen LogP contribution in [0.4, 0.5) is 4.39 Å². The van der Waals surface area contributed by atoms with Gasteiger partial charge in [-0.2, -0.15) is 8.42 Å². The number of hydrogen-bond donors (Lipinski definition) is 2. The lowest BCUT2D eigenvalue weighted by Crippen LogP contribution is -2.23. The summed E-state index contributed by atoms with van der Waals surface area (Å²) in [5.74, 6) is -0.576. The molecule has 4 nitrogen and oxygen atoms in total. The lowest BCUT2D eigenvalue weighted by molar-refractivity contribution is 0.478. The van der Waals surface area contributed by atoms with E-state index < -0.39 is 10.1 Å². The van der Waals surface area contributed by atoms with E-state index in [1.165, 1.54) is 12.1 Å². The van der Waals surface area contributed by atoms with Gasteiger partial charge in [0.05, 0.1) is 11.8 Å². The molecule has 1 unspecified atom stereocenters. The first-order chi connectivity index (χ1) is 10.1. The molecule has 0 aliphatic heterocycles. The van der Waals surface area contributed by atoms with Gasteiger partial charge >= 0.3 is 0 Å². The topological polar surface area (TPSA) is 66.4 Å². The minimum atomic E-state index is -3.94. The van der Waals surface area contributed by atoms with Gasteiger partial charge in [-0.1, -0.05) is 45.1 Å². The first-order valence-corrected chi connectivity index (χ1v) is 8.81. The quantitative estimate of drug-likeness (QED) is 0.457. The van der Waals surface area contributed by atoms with Crippen LogP contribution in [0, 0.1) is 11.2 Å². The smallest absolute Gasteiger partial charge is 0.264 e. The molecule has 0 heterocycles. The molecule has 1 aromatic carbocycles. The molecule has 22 heavy (non-hydrogen) atoms. The third-order valence-corrected chi connectivity index (χ3v) is 3.77. The van der Waals surface area contributed by atoms with Gasteiger partial charge in [0.15, 0.2) is 0 Å². The van der Waals surface area contributed by atoms with Crippen molar-refractivity contribution >= 4 is 10.1 Å². The molecule has 0 aliphatic rings. The van der Waals surface area contributed by atoms with Crippen molar-refractivity contribution < 1.29 is 17.4 Å². The van der Waals surface area contributed by atoms with E-state index in [4.69, 9.17) is 4.55 Å². The van der Waals surface area contributed by atoms with Crippen LogP contribution in [-0.2, 0) is 10.1 Å². The fourth-order valence-electron chi connectivity index (χ4n) is 1.86. The second-order valence-electron chi connectivity index (χ2n) is 6.35. The molecule has 2 N–H and O–H groups in total. The van der Waals surface area contributed by atoms with Crippen LogP contribution in [0.1, 0.15) is 38.8 Å². The largest absolute Gasteiger partial charge is 0.307 e. The highest BCUT2D eigenvalue weighted by atomic mass is 32.2. The van der Waals surface area contributed by atoms with Gasteiger partial charge in [-0.05, 0) is 36.1 Å². The molecule has 124 valence electrons. The summed E-state index contributed by atoms with van der Waals surface area (Å²) in [4.78, 5) is 0. The van der Waals surface area contributed by atoms with Crippen LogP contribution in [0.3, 0.4) is 0 Å². The summed E-state index contributed by atoms with van der Waals surface area (Å²) in [5, 5.41) is 3.22. The normalized spacial score (nSPS) is 14.4. The number of nitrogens with one attached hydrogen (secondary N) is 1. The molecule has 6 heteroatoms. The lowest BCUT2D eigenvalue weighted by Gasteiger charge is -2.18.